The van der Waals surface area contributed by atoms with E-state index in [2.05, 4.69) is 5.32 Å². The predicted octanol–water partition coefficient (Wildman–Crippen LogP) is 3.62. The molecule has 0 radical (unpaired) electrons. The lowest BCUT2D eigenvalue weighted by molar-refractivity contribution is -0.384. The molecule has 2 rings (SSSR count). The van der Waals surface area contributed by atoms with Gasteiger partial charge >= 0.3 is 0 Å². The first kappa shape index (κ1) is 16.5. The van der Waals surface area contributed by atoms with Crippen molar-refractivity contribution in [1.29, 1.82) is 0 Å². The van der Waals surface area contributed by atoms with Gasteiger partial charge in [-0.25, -0.2) is 0 Å². The number of hydrogen-bond acceptors (Lipinski definition) is 4. The largest absolute Gasteiger partial charge is 0.481 e. The number of nitro benzene ring substituents is 1. The number of ether oxygens (including phenoxy) is 1. The summed E-state index contributed by atoms with van der Waals surface area (Å²) in [6.45, 7) is 5.30. The SMILES string of the molecule is Cc1cccc(OC(C)C(=O)Nc2ccc([N+](=O)[O-])cc2C)c1. The number of aryl methyl sites for hydroxylation is 2. The lowest BCUT2D eigenvalue weighted by atomic mass is 10.1. The van der Waals surface area contributed by atoms with Crippen molar-refractivity contribution in [3.8, 4) is 5.75 Å². The van der Waals surface area contributed by atoms with Crippen LogP contribution in [0.3, 0.4) is 0 Å². The van der Waals surface area contributed by atoms with Crippen molar-refractivity contribution in [1.82, 2.24) is 0 Å². The summed E-state index contributed by atoms with van der Waals surface area (Å²) < 4.78 is 5.61. The van der Waals surface area contributed by atoms with Crippen LogP contribution >= 0.6 is 0 Å². The van der Waals surface area contributed by atoms with E-state index in [1.165, 1.54) is 18.2 Å². The first-order chi connectivity index (χ1) is 10.9. The fourth-order valence-electron chi connectivity index (χ4n) is 2.08. The van der Waals surface area contributed by atoms with Crippen molar-refractivity contribution in [2.24, 2.45) is 0 Å². The molecule has 6 nitrogen and oxygen atoms in total. The smallest absolute Gasteiger partial charge is 0.269 e. The van der Waals surface area contributed by atoms with Gasteiger partial charge in [0.25, 0.3) is 11.6 Å². The molecule has 1 atom stereocenters. The van der Waals surface area contributed by atoms with Gasteiger partial charge < -0.3 is 10.1 Å². The third-order valence-corrected chi connectivity index (χ3v) is 3.35. The maximum atomic E-state index is 12.2. The Balaban J connectivity index is 2.05. The molecule has 0 fully saturated rings. The fraction of sp³-hybridized carbons (Fsp3) is 0.235. The highest BCUT2D eigenvalue weighted by Gasteiger charge is 2.17. The average molecular weight is 314 g/mol. The van der Waals surface area contributed by atoms with Crippen molar-refractivity contribution in [3.05, 3.63) is 63.7 Å². The maximum Gasteiger partial charge on any atom is 0.269 e. The van der Waals surface area contributed by atoms with Gasteiger partial charge in [0.15, 0.2) is 6.10 Å². The molecule has 0 aliphatic carbocycles. The Morgan fingerprint density at radius 1 is 1.22 bits per heavy atom. The molecule has 0 saturated carbocycles. The van der Waals surface area contributed by atoms with E-state index in [4.69, 9.17) is 4.74 Å². The van der Waals surface area contributed by atoms with Gasteiger partial charge in [0, 0.05) is 17.8 Å². The Morgan fingerprint density at radius 3 is 2.57 bits per heavy atom. The molecule has 0 saturated heterocycles. The number of non-ortho nitro benzene ring substituents is 1. The van der Waals surface area contributed by atoms with E-state index in [9.17, 15) is 14.9 Å². The monoisotopic (exact) mass is 314 g/mol. The summed E-state index contributed by atoms with van der Waals surface area (Å²) in [5, 5.41) is 13.4. The Kier molecular flexibility index (Phi) is 4.95. The molecule has 1 unspecified atom stereocenters. The van der Waals surface area contributed by atoms with Crippen LogP contribution in [0.15, 0.2) is 42.5 Å². The third kappa shape index (κ3) is 4.29. The summed E-state index contributed by atoms with van der Waals surface area (Å²) in [7, 11) is 0. The van der Waals surface area contributed by atoms with Crippen molar-refractivity contribution in [3.63, 3.8) is 0 Å². The molecule has 2 aromatic carbocycles. The summed E-state index contributed by atoms with van der Waals surface area (Å²) in [6, 6.07) is 11.7. The van der Waals surface area contributed by atoms with Crippen LogP contribution in [0.2, 0.25) is 0 Å². The summed E-state index contributed by atoms with van der Waals surface area (Å²) in [5.41, 5.74) is 2.18. The number of nitrogens with zero attached hydrogens (tertiary/aromatic N) is 1. The molecule has 2 aromatic rings. The number of amides is 1. The van der Waals surface area contributed by atoms with Gasteiger partial charge in [0.2, 0.25) is 0 Å². The number of hydrogen-bond donors (Lipinski definition) is 1. The minimum atomic E-state index is -0.689. The van der Waals surface area contributed by atoms with E-state index in [1.54, 1.807) is 19.9 Å². The Labute approximate surface area is 134 Å². The Bertz CT molecular complexity index is 743. The Morgan fingerprint density at radius 2 is 1.96 bits per heavy atom. The van der Waals surface area contributed by atoms with E-state index in [-0.39, 0.29) is 11.6 Å². The summed E-state index contributed by atoms with van der Waals surface area (Å²) in [5.74, 6) is 0.302. The second-order valence-corrected chi connectivity index (χ2v) is 5.32. The quantitative estimate of drug-likeness (QED) is 0.675. The predicted molar refractivity (Wildman–Crippen MR) is 87.7 cm³/mol. The molecule has 1 N–H and O–H groups in total. The van der Waals surface area contributed by atoms with Crippen LogP contribution in [0.1, 0.15) is 18.1 Å². The third-order valence-electron chi connectivity index (χ3n) is 3.35. The van der Waals surface area contributed by atoms with Gasteiger partial charge in [-0.05, 0) is 50.1 Å². The summed E-state index contributed by atoms with van der Waals surface area (Å²) in [4.78, 5) is 22.5. The first-order valence-corrected chi connectivity index (χ1v) is 7.16. The van der Waals surface area contributed by atoms with Crippen LogP contribution in [0.4, 0.5) is 11.4 Å². The van der Waals surface area contributed by atoms with Crippen molar-refractivity contribution in [2.75, 3.05) is 5.32 Å². The number of carbonyl (C=O) groups is 1. The van der Waals surface area contributed by atoms with Gasteiger partial charge in [0.1, 0.15) is 5.75 Å². The van der Waals surface area contributed by atoms with Crippen LogP contribution in [0, 0.1) is 24.0 Å². The van der Waals surface area contributed by atoms with Crippen molar-refractivity contribution >= 4 is 17.3 Å². The normalized spacial score (nSPS) is 11.6. The average Bonchev–Trinajstić information content (AvgIpc) is 2.49. The highest BCUT2D eigenvalue weighted by atomic mass is 16.6. The second kappa shape index (κ2) is 6.91. The minimum Gasteiger partial charge on any atom is -0.481 e. The van der Waals surface area contributed by atoms with E-state index in [0.29, 0.717) is 17.0 Å². The maximum absolute atomic E-state index is 12.2. The lowest BCUT2D eigenvalue weighted by Gasteiger charge is -2.16. The van der Waals surface area contributed by atoms with E-state index in [0.717, 1.165) is 5.56 Å². The van der Waals surface area contributed by atoms with Gasteiger partial charge in [0.05, 0.1) is 4.92 Å². The zero-order valence-corrected chi connectivity index (χ0v) is 13.2. The van der Waals surface area contributed by atoms with E-state index >= 15 is 0 Å². The second-order valence-electron chi connectivity index (χ2n) is 5.32. The molecule has 0 aliphatic rings. The van der Waals surface area contributed by atoms with Gasteiger partial charge in [-0.2, -0.15) is 0 Å². The number of carbonyl (C=O) groups excluding carboxylic acids is 1. The molecule has 0 spiro atoms. The van der Waals surface area contributed by atoms with E-state index in [1.807, 2.05) is 25.1 Å². The molecule has 6 heteroatoms. The van der Waals surface area contributed by atoms with Crippen LogP contribution in [0.5, 0.6) is 5.75 Å². The van der Waals surface area contributed by atoms with Crippen molar-refractivity contribution in [2.45, 2.75) is 26.9 Å². The topological polar surface area (TPSA) is 81.5 Å². The highest BCUT2D eigenvalue weighted by Crippen LogP contribution is 2.22. The standard InChI is InChI=1S/C17H18N2O4/c1-11-5-4-6-15(9-11)23-13(3)17(20)18-16-8-7-14(19(21)22)10-12(16)2/h4-10,13H,1-3H3,(H,18,20). The molecule has 0 bridgehead atoms. The Hall–Kier alpha value is -2.89. The molecular formula is C17H18N2O4. The number of benzene rings is 2. The molecule has 0 aliphatic heterocycles. The van der Waals surface area contributed by atoms with Gasteiger partial charge in [-0.3, -0.25) is 14.9 Å². The highest BCUT2D eigenvalue weighted by molar-refractivity contribution is 5.94. The van der Waals surface area contributed by atoms with Crippen LogP contribution in [0.25, 0.3) is 0 Å². The zero-order chi connectivity index (χ0) is 17.0. The number of nitrogens with one attached hydrogen (secondary N) is 1. The van der Waals surface area contributed by atoms with Gasteiger partial charge in [-0.15, -0.1) is 0 Å². The number of nitro groups is 1. The molecule has 23 heavy (non-hydrogen) atoms. The van der Waals surface area contributed by atoms with Crippen LogP contribution in [-0.2, 0) is 4.79 Å². The fourth-order valence-corrected chi connectivity index (χ4v) is 2.08. The summed E-state index contributed by atoms with van der Waals surface area (Å²) >= 11 is 0. The zero-order valence-electron chi connectivity index (χ0n) is 13.2. The van der Waals surface area contributed by atoms with Gasteiger partial charge in [-0.1, -0.05) is 12.1 Å². The minimum absolute atomic E-state index is 0.00967. The molecule has 0 aromatic heterocycles. The number of rotatable bonds is 5. The first-order valence-electron chi connectivity index (χ1n) is 7.16. The van der Waals surface area contributed by atoms with E-state index < -0.39 is 11.0 Å². The molecule has 0 heterocycles. The summed E-state index contributed by atoms with van der Waals surface area (Å²) in [6.07, 6.45) is -0.689. The van der Waals surface area contributed by atoms with Crippen LogP contribution < -0.4 is 10.1 Å². The lowest BCUT2D eigenvalue weighted by Crippen LogP contribution is -2.30. The molecular weight excluding hydrogens is 296 g/mol. The number of anilines is 1. The molecule has 120 valence electrons. The molecule has 1 amide bonds. The van der Waals surface area contributed by atoms with Crippen molar-refractivity contribution < 1.29 is 14.5 Å². The van der Waals surface area contributed by atoms with Crippen LogP contribution in [-0.4, -0.2) is 16.9 Å².